The van der Waals surface area contributed by atoms with Crippen LogP contribution in [0.5, 0.6) is 5.75 Å². The van der Waals surface area contributed by atoms with E-state index in [2.05, 4.69) is 5.32 Å². The van der Waals surface area contributed by atoms with Gasteiger partial charge in [-0.05, 0) is 25.5 Å². The highest BCUT2D eigenvalue weighted by Gasteiger charge is 2.35. The summed E-state index contributed by atoms with van der Waals surface area (Å²) in [4.78, 5) is 25.8. The number of anilines is 1. The van der Waals surface area contributed by atoms with E-state index in [1.807, 2.05) is 26.0 Å². The van der Waals surface area contributed by atoms with Gasteiger partial charge in [0.2, 0.25) is 11.8 Å². The van der Waals surface area contributed by atoms with Gasteiger partial charge in [-0.25, -0.2) is 0 Å². The molecule has 1 aromatic rings. The Balaban J connectivity index is 1.91. The summed E-state index contributed by atoms with van der Waals surface area (Å²) in [7, 11) is 0. The first-order chi connectivity index (χ1) is 11.1. The van der Waals surface area contributed by atoms with E-state index in [9.17, 15) is 9.59 Å². The number of carbonyl (C=O) groups excluding carboxylic acids is 2. The summed E-state index contributed by atoms with van der Waals surface area (Å²) in [6, 6.07) is 7.28. The average Bonchev–Trinajstić information content (AvgIpc) is 2.81. The first-order valence-electron chi connectivity index (χ1n) is 7.60. The Morgan fingerprint density at radius 2 is 2.13 bits per heavy atom. The standard InChI is InChI=1S/C16H20N2O3S2/c1-3-13-15(20)18(16(22)23-13)10-9-14(19)17-11-7-5-6-8-12(11)21-4-2/h5-8,13H,3-4,9-10H2,1-2H3,(H,17,19). The van der Waals surface area contributed by atoms with Gasteiger partial charge in [-0.1, -0.05) is 43.0 Å². The van der Waals surface area contributed by atoms with Gasteiger partial charge in [0.25, 0.3) is 0 Å². The summed E-state index contributed by atoms with van der Waals surface area (Å²) >= 11 is 6.62. The number of nitrogens with zero attached hydrogens (tertiary/aromatic N) is 1. The highest BCUT2D eigenvalue weighted by atomic mass is 32.2. The topological polar surface area (TPSA) is 58.6 Å². The minimum atomic E-state index is -0.169. The molecule has 1 saturated heterocycles. The Morgan fingerprint density at radius 3 is 2.78 bits per heavy atom. The SMILES string of the molecule is CCOc1ccccc1NC(=O)CCN1C(=O)C(CC)SC1=S. The maximum atomic E-state index is 12.1. The van der Waals surface area contributed by atoms with Crippen molar-refractivity contribution in [1.82, 2.24) is 4.90 Å². The Labute approximate surface area is 145 Å². The zero-order valence-corrected chi connectivity index (χ0v) is 14.8. The van der Waals surface area contributed by atoms with Crippen LogP contribution in [0, 0.1) is 0 Å². The van der Waals surface area contributed by atoms with Crippen molar-refractivity contribution in [2.75, 3.05) is 18.5 Å². The summed E-state index contributed by atoms with van der Waals surface area (Å²) in [5.41, 5.74) is 0.635. The molecule has 0 aromatic heterocycles. The second-order valence-electron chi connectivity index (χ2n) is 5.00. The van der Waals surface area contributed by atoms with E-state index in [4.69, 9.17) is 17.0 Å². The fourth-order valence-electron chi connectivity index (χ4n) is 2.24. The van der Waals surface area contributed by atoms with Crippen LogP contribution in [0.25, 0.3) is 0 Å². The number of para-hydroxylation sites is 2. The molecular weight excluding hydrogens is 332 g/mol. The van der Waals surface area contributed by atoms with Crippen LogP contribution in [0.2, 0.25) is 0 Å². The molecule has 23 heavy (non-hydrogen) atoms. The number of thioether (sulfide) groups is 1. The van der Waals surface area contributed by atoms with Crippen molar-refractivity contribution in [3.8, 4) is 5.75 Å². The molecule has 124 valence electrons. The summed E-state index contributed by atoms with van der Waals surface area (Å²) < 4.78 is 6.03. The summed E-state index contributed by atoms with van der Waals surface area (Å²) in [5, 5.41) is 2.71. The number of carbonyl (C=O) groups is 2. The lowest BCUT2D eigenvalue weighted by Gasteiger charge is -2.16. The zero-order valence-electron chi connectivity index (χ0n) is 13.2. The quantitative estimate of drug-likeness (QED) is 0.764. The van der Waals surface area contributed by atoms with Crippen LogP contribution in [0.15, 0.2) is 24.3 Å². The second-order valence-corrected chi connectivity index (χ2v) is 6.83. The fraction of sp³-hybridized carbons (Fsp3) is 0.438. The third-order valence-corrected chi connectivity index (χ3v) is 5.15. The van der Waals surface area contributed by atoms with Gasteiger partial charge in [0, 0.05) is 13.0 Å². The Morgan fingerprint density at radius 1 is 1.39 bits per heavy atom. The molecular formula is C16H20N2O3S2. The minimum absolute atomic E-state index is 0.00464. The molecule has 1 aliphatic rings. The van der Waals surface area contributed by atoms with Crippen molar-refractivity contribution < 1.29 is 14.3 Å². The summed E-state index contributed by atoms with van der Waals surface area (Å²) in [5.74, 6) is 0.473. The van der Waals surface area contributed by atoms with Crippen LogP contribution in [0.3, 0.4) is 0 Å². The van der Waals surface area contributed by atoms with Gasteiger partial charge in [-0.15, -0.1) is 0 Å². The molecule has 0 bridgehead atoms. The molecule has 1 aliphatic heterocycles. The lowest BCUT2D eigenvalue weighted by Crippen LogP contribution is -2.34. The smallest absolute Gasteiger partial charge is 0.241 e. The van der Waals surface area contributed by atoms with Crippen molar-refractivity contribution in [2.45, 2.75) is 31.9 Å². The van der Waals surface area contributed by atoms with E-state index in [0.29, 0.717) is 28.9 Å². The lowest BCUT2D eigenvalue weighted by molar-refractivity contribution is -0.126. The molecule has 1 unspecified atom stereocenters. The van der Waals surface area contributed by atoms with Crippen molar-refractivity contribution in [2.24, 2.45) is 0 Å². The second kappa shape index (κ2) is 8.31. The van der Waals surface area contributed by atoms with Crippen molar-refractivity contribution in [1.29, 1.82) is 0 Å². The van der Waals surface area contributed by atoms with Gasteiger partial charge in [0.1, 0.15) is 10.1 Å². The number of thiocarbonyl (C=S) groups is 1. The van der Waals surface area contributed by atoms with Gasteiger partial charge >= 0.3 is 0 Å². The van der Waals surface area contributed by atoms with E-state index >= 15 is 0 Å². The number of hydrogen-bond donors (Lipinski definition) is 1. The molecule has 2 amide bonds. The van der Waals surface area contributed by atoms with Crippen molar-refractivity contribution >= 4 is 45.8 Å². The fourth-order valence-corrected chi connectivity index (χ4v) is 3.71. The largest absolute Gasteiger partial charge is 0.492 e. The molecule has 7 heteroatoms. The van der Waals surface area contributed by atoms with Gasteiger partial charge in [0.05, 0.1) is 17.5 Å². The van der Waals surface area contributed by atoms with Gasteiger partial charge in [-0.3, -0.25) is 14.5 Å². The molecule has 0 radical (unpaired) electrons. The maximum absolute atomic E-state index is 12.1. The van der Waals surface area contributed by atoms with Crippen molar-refractivity contribution in [3.05, 3.63) is 24.3 Å². The van der Waals surface area contributed by atoms with Crippen LogP contribution >= 0.6 is 24.0 Å². The number of hydrogen-bond acceptors (Lipinski definition) is 5. The minimum Gasteiger partial charge on any atom is -0.492 e. The number of benzene rings is 1. The summed E-state index contributed by atoms with van der Waals surface area (Å²) in [6.07, 6.45) is 0.942. The van der Waals surface area contributed by atoms with E-state index in [1.165, 1.54) is 16.7 Å². The van der Waals surface area contributed by atoms with E-state index in [1.54, 1.807) is 12.1 Å². The zero-order chi connectivity index (χ0) is 16.8. The van der Waals surface area contributed by atoms with Crippen LogP contribution < -0.4 is 10.1 Å². The Hall–Kier alpha value is -1.60. The first-order valence-corrected chi connectivity index (χ1v) is 8.89. The third-order valence-electron chi connectivity index (χ3n) is 3.40. The molecule has 1 fully saturated rings. The molecule has 1 aromatic carbocycles. The molecule has 0 spiro atoms. The first kappa shape index (κ1) is 17.7. The number of nitrogens with one attached hydrogen (secondary N) is 1. The normalized spacial score (nSPS) is 17.5. The third kappa shape index (κ3) is 4.45. The molecule has 2 rings (SSSR count). The van der Waals surface area contributed by atoms with Gasteiger partial charge < -0.3 is 10.1 Å². The van der Waals surface area contributed by atoms with Crippen LogP contribution in [0.4, 0.5) is 5.69 Å². The van der Waals surface area contributed by atoms with E-state index in [0.717, 1.165) is 6.42 Å². The van der Waals surface area contributed by atoms with Crippen LogP contribution in [-0.2, 0) is 9.59 Å². The molecule has 0 aliphatic carbocycles. The predicted molar refractivity (Wildman–Crippen MR) is 96.8 cm³/mol. The highest BCUT2D eigenvalue weighted by molar-refractivity contribution is 8.24. The van der Waals surface area contributed by atoms with E-state index in [-0.39, 0.29) is 23.5 Å². The van der Waals surface area contributed by atoms with E-state index < -0.39 is 0 Å². The average molecular weight is 352 g/mol. The monoisotopic (exact) mass is 352 g/mol. The Bertz CT molecular complexity index is 607. The molecule has 5 nitrogen and oxygen atoms in total. The predicted octanol–water partition coefficient (Wildman–Crippen LogP) is 3.05. The molecule has 1 heterocycles. The Kier molecular flexibility index (Phi) is 6.41. The molecule has 0 saturated carbocycles. The van der Waals surface area contributed by atoms with Crippen molar-refractivity contribution in [3.63, 3.8) is 0 Å². The lowest BCUT2D eigenvalue weighted by atomic mass is 10.2. The maximum Gasteiger partial charge on any atom is 0.241 e. The summed E-state index contributed by atoms with van der Waals surface area (Å²) in [6.45, 7) is 4.68. The molecule has 1 atom stereocenters. The molecule has 1 N–H and O–H groups in total. The van der Waals surface area contributed by atoms with Gasteiger partial charge in [-0.2, -0.15) is 0 Å². The number of amides is 2. The van der Waals surface area contributed by atoms with Crippen LogP contribution in [-0.4, -0.2) is 39.4 Å². The number of rotatable bonds is 7. The number of ether oxygens (including phenoxy) is 1. The van der Waals surface area contributed by atoms with Crippen LogP contribution in [0.1, 0.15) is 26.7 Å². The highest BCUT2D eigenvalue weighted by Crippen LogP contribution is 2.29. The van der Waals surface area contributed by atoms with Gasteiger partial charge in [0.15, 0.2) is 0 Å².